The van der Waals surface area contributed by atoms with Crippen LogP contribution in [-0.4, -0.2) is 316 Å². The summed E-state index contributed by atoms with van der Waals surface area (Å²) in [4.78, 5) is 25.2. The Morgan fingerprint density at radius 3 is 1.21 bits per heavy atom. The van der Waals surface area contributed by atoms with Crippen molar-refractivity contribution >= 4 is 11.8 Å². The molecule has 0 aromatic heterocycles. The molecule has 32 nitrogen and oxygen atoms in total. The largest absolute Gasteiger partial charge is 0.394 e. The molecule has 418 valence electrons. The van der Waals surface area contributed by atoms with Crippen molar-refractivity contribution in [3.8, 4) is 0 Å². The lowest BCUT2D eigenvalue weighted by Crippen LogP contribution is -2.71. The van der Waals surface area contributed by atoms with Crippen LogP contribution >= 0.6 is 0 Å². The molecule has 6 aliphatic rings. The number of aliphatic hydroxyl groups is 17. The van der Waals surface area contributed by atoms with E-state index >= 15 is 0 Å². The highest BCUT2D eigenvalue weighted by atomic mass is 16.8. The molecular formula is C40H68N2O30. The first-order valence-corrected chi connectivity index (χ1v) is 23.0. The van der Waals surface area contributed by atoms with E-state index in [2.05, 4.69) is 10.6 Å². The lowest BCUT2D eigenvalue weighted by atomic mass is 9.93. The highest BCUT2D eigenvalue weighted by molar-refractivity contribution is 5.73. The number of rotatable bonds is 17. The fourth-order valence-electron chi connectivity index (χ4n) is 9.25. The molecule has 0 saturated carbocycles. The van der Waals surface area contributed by atoms with E-state index in [1.54, 1.807) is 0 Å². The van der Waals surface area contributed by atoms with Gasteiger partial charge in [-0.3, -0.25) is 9.59 Å². The van der Waals surface area contributed by atoms with Crippen molar-refractivity contribution < 1.29 is 149 Å². The third kappa shape index (κ3) is 12.5. The summed E-state index contributed by atoms with van der Waals surface area (Å²) in [7, 11) is 0. The molecule has 19 N–H and O–H groups in total. The minimum atomic E-state index is -2.28. The summed E-state index contributed by atoms with van der Waals surface area (Å²) >= 11 is 0. The topological polar surface area (TPSA) is 504 Å². The van der Waals surface area contributed by atoms with Crippen LogP contribution in [0.2, 0.25) is 0 Å². The van der Waals surface area contributed by atoms with Crippen molar-refractivity contribution in [3.05, 3.63) is 0 Å². The fourth-order valence-corrected chi connectivity index (χ4v) is 9.25. The Morgan fingerprint density at radius 1 is 0.361 bits per heavy atom. The molecule has 0 unspecified atom stereocenters. The molecule has 0 bridgehead atoms. The maximum Gasteiger partial charge on any atom is 0.217 e. The molecule has 6 aliphatic heterocycles. The van der Waals surface area contributed by atoms with Gasteiger partial charge in [-0.2, -0.15) is 0 Å². The van der Waals surface area contributed by atoms with Gasteiger partial charge in [0.25, 0.3) is 0 Å². The van der Waals surface area contributed by atoms with Gasteiger partial charge in [0, 0.05) is 13.8 Å². The molecule has 6 saturated heterocycles. The standard InChI is InChI=1S/C40H68N2O30/c1-9-19(50)23(54)26(57)37(62-9)71-33-18(42-11(3)49)35(61)63-15(7-46)31(33)69-36-17(41-10(2)48)22(53)30(14(6-45)66-36)68-40-29(60)34(72-39-28(59)25(56)21(52)13(5-44)65-39)32(16(8-47)67-40)70-38-27(58)24(55)20(51)12(4-43)64-38/h9,12-40,43-47,50-61H,4-8H2,1-3H3,(H,41,48)(H,42,49)/t9-,12+,13+,14+,15+,16+,17+,18+,19+,20-,21+,22+,23+,24-,25-,26-,27+,28-,29-,30+,31+,32+,33+,34+,35+,36-,37-,38-,39+,40-/m0/s1. The van der Waals surface area contributed by atoms with Gasteiger partial charge in [0.05, 0.1) is 39.1 Å². The van der Waals surface area contributed by atoms with Crippen LogP contribution in [0.4, 0.5) is 0 Å². The zero-order valence-corrected chi connectivity index (χ0v) is 38.8. The number of ether oxygens (including phenoxy) is 11. The molecule has 6 fully saturated rings. The van der Waals surface area contributed by atoms with Gasteiger partial charge < -0.3 is 150 Å². The zero-order chi connectivity index (χ0) is 53.2. The molecule has 30 atom stereocenters. The Bertz CT molecular complexity index is 1730. The quantitative estimate of drug-likeness (QED) is 0.0643. The predicted molar refractivity (Wildman–Crippen MR) is 221 cm³/mol. The molecule has 6 rings (SSSR count). The normalized spacial score (nSPS) is 50.3. The fraction of sp³-hybridized carbons (Fsp3) is 0.950. The van der Waals surface area contributed by atoms with E-state index in [1.165, 1.54) is 6.92 Å². The van der Waals surface area contributed by atoms with Crippen molar-refractivity contribution in [1.82, 2.24) is 10.6 Å². The van der Waals surface area contributed by atoms with E-state index in [-0.39, 0.29) is 0 Å². The van der Waals surface area contributed by atoms with E-state index < -0.39 is 229 Å². The van der Waals surface area contributed by atoms with Gasteiger partial charge in [0.1, 0.15) is 140 Å². The number of aliphatic hydroxyl groups excluding tert-OH is 17. The van der Waals surface area contributed by atoms with E-state index in [0.29, 0.717) is 0 Å². The maximum atomic E-state index is 12.8. The Hall–Kier alpha value is -2.18. The van der Waals surface area contributed by atoms with Gasteiger partial charge in [-0.25, -0.2) is 0 Å². The summed E-state index contributed by atoms with van der Waals surface area (Å²) < 4.78 is 64.0. The number of carbonyl (C=O) groups excluding carboxylic acids is 2. The van der Waals surface area contributed by atoms with Gasteiger partial charge in [-0.1, -0.05) is 0 Å². The average Bonchev–Trinajstić information content (AvgIpc) is 3.34. The maximum absolute atomic E-state index is 12.8. The highest BCUT2D eigenvalue weighted by Gasteiger charge is 2.59. The minimum absolute atomic E-state index is 0.768. The van der Waals surface area contributed by atoms with E-state index in [0.717, 1.165) is 13.8 Å². The van der Waals surface area contributed by atoms with E-state index in [1.807, 2.05) is 0 Å². The summed E-state index contributed by atoms with van der Waals surface area (Å²) in [5.74, 6) is -1.62. The smallest absolute Gasteiger partial charge is 0.217 e. The summed E-state index contributed by atoms with van der Waals surface area (Å²) in [6.07, 6.45) is -52.6. The van der Waals surface area contributed by atoms with Crippen LogP contribution in [-0.2, 0) is 61.7 Å². The first-order valence-electron chi connectivity index (χ1n) is 23.0. The SMILES string of the molecule is CC(=O)N[C@@H]1[C@@H](O[C@@H]2O[C@@H](C)[C@@H](O)[C@@H](O)[C@@H]2O)[C@H](O[C@@H]2O[C@H](CO)[C@@H](O[C@@H]3O[C@H](CO)[C@@H](O[C@@H]4O[C@H](CO)[C@H](O)[C@H](O)[C@H]4O)[C@H](O[C@H]4O[C@H](CO)[C@@H](O)[C@H](O)[C@@H]4O)[C@@H]3O)[C@H](O)[C@H]2NC(C)=O)[C@@H](CO)O[C@H]1O. The molecule has 72 heavy (non-hydrogen) atoms. The number of carbonyl (C=O) groups is 2. The van der Waals surface area contributed by atoms with Gasteiger partial charge in [0.2, 0.25) is 11.8 Å². The monoisotopic (exact) mass is 1060 g/mol. The number of nitrogens with one attached hydrogen (secondary N) is 2. The van der Waals surface area contributed by atoms with E-state index in [9.17, 15) is 96.4 Å². The van der Waals surface area contributed by atoms with Gasteiger partial charge in [-0.05, 0) is 6.92 Å². The second-order valence-corrected chi connectivity index (χ2v) is 18.2. The van der Waals surface area contributed by atoms with Crippen LogP contribution < -0.4 is 10.6 Å². The summed E-state index contributed by atoms with van der Waals surface area (Å²) in [6, 6.07) is -3.42. The third-order valence-corrected chi connectivity index (χ3v) is 13.2. The molecule has 6 heterocycles. The van der Waals surface area contributed by atoms with Crippen molar-refractivity contribution in [2.45, 2.75) is 205 Å². The Kier molecular flexibility index (Phi) is 20.8. The Labute approximate surface area is 408 Å². The molecule has 0 aromatic carbocycles. The van der Waals surface area contributed by atoms with Crippen LogP contribution in [0.1, 0.15) is 20.8 Å². The summed E-state index contributed by atoms with van der Waals surface area (Å²) in [5.41, 5.74) is 0. The predicted octanol–water partition coefficient (Wildman–Crippen LogP) is -12.8. The van der Waals surface area contributed by atoms with Gasteiger partial charge in [-0.15, -0.1) is 0 Å². The van der Waals surface area contributed by atoms with Gasteiger partial charge >= 0.3 is 0 Å². The lowest BCUT2D eigenvalue weighted by molar-refractivity contribution is -0.399. The lowest BCUT2D eigenvalue weighted by Gasteiger charge is -2.51. The van der Waals surface area contributed by atoms with Crippen LogP contribution in [0.5, 0.6) is 0 Å². The molecule has 0 aromatic rings. The van der Waals surface area contributed by atoms with Crippen LogP contribution in [0.3, 0.4) is 0 Å². The molecular weight excluding hydrogens is 988 g/mol. The second kappa shape index (κ2) is 25.3. The molecule has 2 amide bonds. The van der Waals surface area contributed by atoms with Crippen molar-refractivity contribution in [2.24, 2.45) is 0 Å². The second-order valence-electron chi connectivity index (χ2n) is 18.2. The van der Waals surface area contributed by atoms with Gasteiger partial charge in [0.15, 0.2) is 37.7 Å². The van der Waals surface area contributed by atoms with Crippen LogP contribution in [0.25, 0.3) is 0 Å². The molecule has 0 aliphatic carbocycles. The molecule has 0 radical (unpaired) electrons. The number of hydrogen-bond donors (Lipinski definition) is 19. The summed E-state index contributed by atoms with van der Waals surface area (Å²) in [5, 5.41) is 186. The average molecular weight is 1060 g/mol. The summed E-state index contributed by atoms with van der Waals surface area (Å²) in [6.45, 7) is -1.59. The molecule has 0 spiro atoms. The highest BCUT2D eigenvalue weighted by Crippen LogP contribution is 2.38. The van der Waals surface area contributed by atoms with Crippen LogP contribution in [0, 0.1) is 0 Å². The number of hydrogen-bond acceptors (Lipinski definition) is 30. The number of amides is 2. The first-order chi connectivity index (χ1) is 34.0. The van der Waals surface area contributed by atoms with Crippen molar-refractivity contribution in [3.63, 3.8) is 0 Å². The van der Waals surface area contributed by atoms with Crippen molar-refractivity contribution in [1.29, 1.82) is 0 Å². The Balaban J connectivity index is 1.31. The Morgan fingerprint density at radius 2 is 0.708 bits per heavy atom. The van der Waals surface area contributed by atoms with E-state index in [4.69, 9.17) is 52.1 Å². The third-order valence-electron chi connectivity index (χ3n) is 13.2. The zero-order valence-electron chi connectivity index (χ0n) is 38.8. The van der Waals surface area contributed by atoms with Crippen LogP contribution in [0.15, 0.2) is 0 Å². The first kappa shape index (κ1) is 59.1. The minimum Gasteiger partial charge on any atom is -0.394 e. The molecule has 32 heteroatoms. The van der Waals surface area contributed by atoms with Crippen molar-refractivity contribution in [2.75, 3.05) is 33.0 Å².